The molecule has 0 heterocycles. The molecule has 0 aliphatic rings. The fourth-order valence-electron chi connectivity index (χ4n) is 1.52. The smallest absolute Gasteiger partial charge is 0.255 e. The Hall–Kier alpha value is -1.10. The Labute approximate surface area is 112 Å². The van der Waals surface area contributed by atoms with Crippen LogP contribution in [0.3, 0.4) is 0 Å². The fraction of sp³-hybridized carbons (Fsp3) is 0.462. The Morgan fingerprint density at radius 3 is 2.22 bits per heavy atom. The zero-order chi connectivity index (χ0) is 13.4. The van der Waals surface area contributed by atoms with Gasteiger partial charge in [-0.1, -0.05) is 23.7 Å². The summed E-state index contributed by atoms with van der Waals surface area (Å²) in [6.45, 7) is 2.01. The highest BCUT2D eigenvalue weighted by molar-refractivity contribution is 6.33. The topological polar surface area (TPSA) is 38.8 Å². The first-order valence-electron chi connectivity index (χ1n) is 5.72. The molecule has 0 saturated carbocycles. The molecule has 100 valence electrons. The van der Waals surface area contributed by atoms with Gasteiger partial charge in [-0.2, -0.15) is 0 Å². The van der Waals surface area contributed by atoms with E-state index in [4.69, 9.17) is 21.1 Å². The van der Waals surface area contributed by atoms with E-state index in [-0.39, 0.29) is 5.91 Å². The van der Waals surface area contributed by atoms with Crippen LogP contribution in [0.15, 0.2) is 24.3 Å². The summed E-state index contributed by atoms with van der Waals surface area (Å²) in [5, 5.41) is 0.460. The maximum atomic E-state index is 12.3. The number of carbonyl (C=O) groups excluding carboxylic acids is 1. The first-order chi connectivity index (χ1) is 8.70. The van der Waals surface area contributed by atoms with Crippen LogP contribution in [0.25, 0.3) is 0 Å². The number of nitrogens with zero attached hydrogens (tertiary/aromatic N) is 1. The minimum absolute atomic E-state index is 0.102. The molecule has 5 heteroatoms. The number of rotatable bonds is 7. The maximum absolute atomic E-state index is 12.3. The van der Waals surface area contributed by atoms with E-state index >= 15 is 0 Å². The van der Waals surface area contributed by atoms with Gasteiger partial charge >= 0.3 is 0 Å². The molecule has 1 amide bonds. The van der Waals surface area contributed by atoms with Crippen molar-refractivity contribution < 1.29 is 14.3 Å². The average molecular weight is 272 g/mol. The number of halogens is 1. The maximum Gasteiger partial charge on any atom is 0.255 e. The van der Waals surface area contributed by atoms with E-state index < -0.39 is 0 Å². The molecule has 0 aromatic heterocycles. The van der Waals surface area contributed by atoms with Crippen molar-refractivity contribution in [2.45, 2.75) is 0 Å². The van der Waals surface area contributed by atoms with Gasteiger partial charge in [0.1, 0.15) is 0 Å². The minimum atomic E-state index is -0.102. The van der Waals surface area contributed by atoms with Gasteiger partial charge in [0.2, 0.25) is 0 Å². The van der Waals surface area contributed by atoms with Gasteiger partial charge in [0.15, 0.2) is 0 Å². The minimum Gasteiger partial charge on any atom is -0.383 e. The van der Waals surface area contributed by atoms with Crippen LogP contribution in [0, 0.1) is 0 Å². The zero-order valence-electron chi connectivity index (χ0n) is 10.7. The van der Waals surface area contributed by atoms with Gasteiger partial charge in [-0.15, -0.1) is 0 Å². The largest absolute Gasteiger partial charge is 0.383 e. The Bertz CT molecular complexity index is 376. The van der Waals surface area contributed by atoms with Crippen LogP contribution in [0.5, 0.6) is 0 Å². The predicted octanol–water partition coefficient (Wildman–Crippen LogP) is 2.07. The number of hydrogen-bond donors (Lipinski definition) is 0. The lowest BCUT2D eigenvalue weighted by atomic mass is 10.2. The van der Waals surface area contributed by atoms with E-state index in [1.54, 1.807) is 43.4 Å². The van der Waals surface area contributed by atoms with Crippen molar-refractivity contribution in [1.82, 2.24) is 4.90 Å². The van der Waals surface area contributed by atoms with Gasteiger partial charge in [-0.05, 0) is 12.1 Å². The molecule has 0 atom stereocenters. The van der Waals surface area contributed by atoms with Crippen molar-refractivity contribution in [3.05, 3.63) is 34.9 Å². The summed E-state index contributed by atoms with van der Waals surface area (Å²) >= 11 is 6.02. The number of carbonyl (C=O) groups is 1. The Kier molecular flexibility index (Phi) is 6.72. The van der Waals surface area contributed by atoms with Crippen LogP contribution in [0.2, 0.25) is 5.02 Å². The van der Waals surface area contributed by atoms with E-state index in [0.29, 0.717) is 36.9 Å². The second kappa shape index (κ2) is 8.08. The van der Waals surface area contributed by atoms with Gasteiger partial charge in [0, 0.05) is 27.3 Å². The lowest BCUT2D eigenvalue weighted by molar-refractivity contribution is 0.0627. The number of benzene rings is 1. The third kappa shape index (κ3) is 4.29. The van der Waals surface area contributed by atoms with E-state index in [0.717, 1.165) is 0 Å². The van der Waals surface area contributed by atoms with E-state index in [1.165, 1.54) is 0 Å². The number of ether oxygens (including phenoxy) is 2. The SMILES string of the molecule is COCCN(CCOC)C(=O)c1ccccc1Cl. The highest BCUT2D eigenvalue weighted by atomic mass is 35.5. The quantitative estimate of drug-likeness (QED) is 0.762. The highest BCUT2D eigenvalue weighted by Crippen LogP contribution is 2.16. The number of hydrogen-bond acceptors (Lipinski definition) is 3. The van der Waals surface area contributed by atoms with Crippen molar-refractivity contribution in [3.8, 4) is 0 Å². The van der Waals surface area contributed by atoms with Crippen molar-refractivity contribution >= 4 is 17.5 Å². The number of methoxy groups -OCH3 is 2. The molecule has 0 spiro atoms. The van der Waals surface area contributed by atoms with Gasteiger partial charge in [-0.3, -0.25) is 4.79 Å². The normalized spacial score (nSPS) is 10.4. The summed E-state index contributed by atoms with van der Waals surface area (Å²) in [6, 6.07) is 7.02. The van der Waals surface area contributed by atoms with Crippen LogP contribution in [0.4, 0.5) is 0 Å². The first kappa shape index (κ1) is 15.0. The molecular weight excluding hydrogens is 254 g/mol. The van der Waals surface area contributed by atoms with Crippen LogP contribution >= 0.6 is 11.6 Å². The molecule has 0 saturated heterocycles. The van der Waals surface area contributed by atoms with Gasteiger partial charge in [-0.25, -0.2) is 0 Å². The van der Waals surface area contributed by atoms with Crippen molar-refractivity contribution in [1.29, 1.82) is 0 Å². The van der Waals surface area contributed by atoms with Crippen LogP contribution in [-0.4, -0.2) is 51.3 Å². The molecule has 4 nitrogen and oxygen atoms in total. The van der Waals surface area contributed by atoms with Crippen molar-refractivity contribution in [2.75, 3.05) is 40.5 Å². The van der Waals surface area contributed by atoms with Crippen molar-refractivity contribution in [3.63, 3.8) is 0 Å². The molecule has 0 aliphatic carbocycles. The molecule has 18 heavy (non-hydrogen) atoms. The highest BCUT2D eigenvalue weighted by Gasteiger charge is 2.17. The monoisotopic (exact) mass is 271 g/mol. The van der Waals surface area contributed by atoms with Crippen LogP contribution < -0.4 is 0 Å². The standard InChI is InChI=1S/C13H18ClNO3/c1-17-9-7-15(8-10-18-2)13(16)11-5-3-4-6-12(11)14/h3-6H,7-10H2,1-2H3. The third-order valence-corrected chi connectivity index (χ3v) is 2.85. The van der Waals surface area contributed by atoms with E-state index in [2.05, 4.69) is 0 Å². The molecule has 0 unspecified atom stereocenters. The third-order valence-electron chi connectivity index (χ3n) is 2.52. The van der Waals surface area contributed by atoms with Gasteiger partial charge in [0.05, 0.1) is 23.8 Å². The van der Waals surface area contributed by atoms with Gasteiger partial charge < -0.3 is 14.4 Å². The summed E-state index contributed by atoms with van der Waals surface area (Å²) in [5.74, 6) is -0.102. The fourth-order valence-corrected chi connectivity index (χ4v) is 1.74. The Morgan fingerprint density at radius 2 is 1.72 bits per heavy atom. The molecule has 0 radical (unpaired) electrons. The van der Waals surface area contributed by atoms with Crippen LogP contribution in [0.1, 0.15) is 10.4 Å². The van der Waals surface area contributed by atoms with Crippen molar-refractivity contribution in [2.24, 2.45) is 0 Å². The summed E-state index contributed by atoms with van der Waals surface area (Å²) in [4.78, 5) is 14.0. The second-order valence-electron chi connectivity index (χ2n) is 3.76. The summed E-state index contributed by atoms with van der Waals surface area (Å²) in [5.41, 5.74) is 0.506. The van der Waals surface area contributed by atoms with E-state index in [9.17, 15) is 4.79 Å². The van der Waals surface area contributed by atoms with Gasteiger partial charge in [0.25, 0.3) is 5.91 Å². The van der Waals surface area contributed by atoms with Crippen LogP contribution in [-0.2, 0) is 9.47 Å². The Balaban J connectivity index is 2.77. The molecule has 1 aromatic rings. The average Bonchev–Trinajstić information content (AvgIpc) is 2.39. The Morgan fingerprint density at radius 1 is 1.17 bits per heavy atom. The summed E-state index contributed by atoms with van der Waals surface area (Å²) in [6.07, 6.45) is 0. The second-order valence-corrected chi connectivity index (χ2v) is 4.16. The molecule has 1 aromatic carbocycles. The number of amides is 1. The molecule has 0 aliphatic heterocycles. The van der Waals surface area contributed by atoms with E-state index in [1.807, 2.05) is 0 Å². The molecule has 0 N–H and O–H groups in total. The first-order valence-corrected chi connectivity index (χ1v) is 6.10. The molecule has 1 rings (SSSR count). The molecular formula is C13H18ClNO3. The molecule has 0 fully saturated rings. The lowest BCUT2D eigenvalue weighted by Gasteiger charge is -2.22. The lowest BCUT2D eigenvalue weighted by Crippen LogP contribution is -2.36. The summed E-state index contributed by atoms with van der Waals surface area (Å²) < 4.78 is 10.0. The zero-order valence-corrected chi connectivity index (χ0v) is 11.4. The summed E-state index contributed by atoms with van der Waals surface area (Å²) in [7, 11) is 3.21. The molecule has 0 bridgehead atoms. The predicted molar refractivity (Wildman–Crippen MR) is 71.1 cm³/mol.